The molecule has 9 heteroatoms. The first-order chi connectivity index (χ1) is 14.7. The number of rotatable bonds is 4. The molecule has 3 aromatic rings. The molecule has 162 valence electrons. The Balaban J connectivity index is 1.57. The zero-order valence-electron chi connectivity index (χ0n) is 17.4. The second-order valence-electron chi connectivity index (χ2n) is 7.77. The van der Waals surface area contributed by atoms with Crippen molar-refractivity contribution < 1.29 is 13.2 Å². The number of H-pyrrole nitrogens is 1. The number of aromatic amines is 1. The van der Waals surface area contributed by atoms with Gasteiger partial charge in [-0.25, -0.2) is 8.42 Å². The summed E-state index contributed by atoms with van der Waals surface area (Å²) in [4.78, 5) is 29.4. The number of aryl methyl sites for hydroxylation is 1. The van der Waals surface area contributed by atoms with E-state index in [4.69, 9.17) is 0 Å². The first kappa shape index (κ1) is 21.2. The molecule has 0 bridgehead atoms. The van der Waals surface area contributed by atoms with Crippen molar-refractivity contribution in [1.29, 1.82) is 0 Å². The van der Waals surface area contributed by atoms with E-state index in [1.807, 2.05) is 14.0 Å². The van der Waals surface area contributed by atoms with Gasteiger partial charge in [-0.1, -0.05) is 6.07 Å². The molecule has 1 saturated heterocycles. The summed E-state index contributed by atoms with van der Waals surface area (Å²) >= 11 is 0. The van der Waals surface area contributed by atoms with Crippen LogP contribution in [0.3, 0.4) is 0 Å². The first-order valence-corrected chi connectivity index (χ1v) is 11.4. The predicted octanol–water partition coefficient (Wildman–Crippen LogP) is 2.02. The largest absolute Gasteiger partial charge is 0.322 e. The highest BCUT2D eigenvalue weighted by molar-refractivity contribution is 7.89. The third-order valence-corrected chi connectivity index (χ3v) is 7.40. The number of anilines is 1. The van der Waals surface area contributed by atoms with Crippen LogP contribution in [0.25, 0.3) is 10.9 Å². The van der Waals surface area contributed by atoms with Gasteiger partial charge < -0.3 is 15.2 Å². The van der Waals surface area contributed by atoms with E-state index in [1.165, 1.54) is 22.5 Å². The van der Waals surface area contributed by atoms with E-state index >= 15 is 0 Å². The molecule has 1 aliphatic rings. The summed E-state index contributed by atoms with van der Waals surface area (Å²) in [6, 6.07) is 12.8. The maximum Gasteiger partial charge on any atom is 0.255 e. The average Bonchev–Trinajstić information content (AvgIpc) is 2.74. The number of carbonyl (C=O) groups is 1. The molecule has 2 heterocycles. The Hall–Kier alpha value is -3.01. The molecule has 2 N–H and O–H groups in total. The fourth-order valence-corrected chi connectivity index (χ4v) is 5.15. The zero-order chi connectivity index (χ0) is 22.2. The molecule has 1 fully saturated rings. The van der Waals surface area contributed by atoms with E-state index in [9.17, 15) is 18.0 Å². The fraction of sp³-hybridized carbons (Fsp3) is 0.273. The Morgan fingerprint density at radius 1 is 1.03 bits per heavy atom. The van der Waals surface area contributed by atoms with Gasteiger partial charge in [-0.3, -0.25) is 9.59 Å². The molecule has 1 aliphatic heterocycles. The topological polar surface area (TPSA) is 103 Å². The lowest BCUT2D eigenvalue weighted by atomic mass is 10.1. The number of pyridine rings is 1. The Morgan fingerprint density at radius 2 is 1.77 bits per heavy atom. The maximum atomic E-state index is 13.0. The number of benzene rings is 2. The second kappa shape index (κ2) is 8.26. The number of hydrogen-bond acceptors (Lipinski definition) is 5. The minimum Gasteiger partial charge on any atom is -0.322 e. The van der Waals surface area contributed by atoms with Crippen molar-refractivity contribution in [3.8, 4) is 0 Å². The van der Waals surface area contributed by atoms with Crippen LogP contribution in [-0.2, 0) is 10.0 Å². The number of piperazine rings is 1. The molecule has 0 radical (unpaired) electrons. The molecule has 0 aliphatic carbocycles. The van der Waals surface area contributed by atoms with Gasteiger partial charge >= 0.3 is 0 Å². The lowest BCUT2D eigenvalue weighted by molar-refractivity contribution is 0.102. The number of amides is 1. The lowest BCUT2D eigenvalue weighted by Crippen LogP contribution is -2.47. The normalized spacial score (nSPS) is 15.8. The van der Waals surface area contributed by atoms with E-state index in [1.54, 1.807) is 30.3 Å². The smallest absolute Gasteiger partial charge is 0.255 e. The van der Waals surface area contributed by atoms with Crippen molar-refractivity contribution in [2.24, 2.45) is 0 Å². The zero-order valence-corrected chi connectivity index (χ0v) is 18.2. The molecular formula is C22H24N4O4S. The molecule has 0 unspecified atom stereocenters. The number of fused-ring (bicyclic) bond motifs is 1. The van der Waals surface area contributed by atoms with Gasteiger partial charge in [-0.15, -0.1) is 0 Å². The van der Waals surface area contributed by atoms with Crippen molar-refractivity contribution in [1.82, 2.24) is 14.2 Å². The van der Waals surface area contributed by atoms with E-state index in [2.05, 4.69) is 15.2 Å². The minimum absolute atomic E-state index is 0.108. The highest BCUT2D eigenvalue weighted by Gasteiger charge is 2.28. The maximum absolute atomic E-state index is 13.0. The summed E-state index contributed by atoms with van der Waals surface area (Å²) in [5, 5.41) is 3.63. The van der Waals surface area contributed by atoms with Gasteiger partial charge in [-0.2, -0.15) is 4.31 Å². The van der Waals surface area contributed by atoms with Crippen molar-refractivity contribution in [2.75, 3.05) is 38.5 Å². The number of hydrogen-bond donors (Lipinski definition) is 2. The quantitative estimate of drug-likeness (QED) is 0.646. The van der Waals surface area contributed by atoms with Crippen molar-refractivity contribution in [2.45, 2.75) is 11.8 Å². The third-order valence-electron chi connectivity index (χ3n) is 5.50. The molecule has 8 nitrogen and oxygen atoms in total. The molecular weight excluding hydrogens is 416 g/mol. The number of aromatic nitrogens is 1. The molecule has 1 aromatic heterocycles. The number of carbonyl (C=O) groups excluding carboxylic acids is 1. The average molecular weight is 441 g/mol. The highest BCUT2D eigenvalue weighted by atomic mass is 32.2. The van der Waals surface area contributed by atoms with Crippen LogP contribution in [0.5, 0.6) is 0 Å². The van der Waals surface area contributed by atoms with Crippen LogP contribution in [-0.4, -0.2) is 61.7 Å². The number of nitrogens with zero attached hydrogens (tertiary/aromatic N) is 2. The molecule has 1 amide bonds. The van der Waals surface area contributed by atoms with Gasteiger partial charge in [0.05, 0.1) is 4.90 Å². The predicted molar refractivity (Wildman–Crippen MR) is 120 cm³/mol. The third kappa shape index (κ3) is 4.39. The molecule has 2 aromatic carbocycles. The van der Waals surface area contributed by atoms with Crippen LogP contribution in [0.2, 0.25) is 0 Å². The SMILES string of the molecule is Cc1cc(=O)[nH]c2ccc(NC(=O)c3cccc(S(=O)(=O)N4CCN(C)CC4)c3)cc12. The molecule has 0 saturated carbocycles. The Labute approximate surface area is 180 Å². The molecule has 4 rings (SSSR count). The van der Waals surface area contributed by atoms with Gasteiger partial charge in [0.15, 0.2) is 0 Å². The Kier molecular flexibility index (Phi) is 5.65. The van der Waals surface area contributed by atoms with Crippen LogP contribution in [0.4, 0.5) is 5.69 Å². The van der Waals surface area contributed by atoms with Crippen LogP contribution in [0.1, 0.15) is 15.9 Å². The van der Waals surface area contributed by atoms with Crippen molar-refractivity contribution in [3.63, 3.8) is 0 Å². The monoisotopic (exact) mass is 440 g/mol. The molecule has 0 atom stereocenters. The Morgan fingerprint density at radius 3 is 2.52 bits per heavy atom. The van der Waals surface area contributed by atoms with Gasteiger partial charge in [0.1, 0.15) is 0 Å². The van der Waals surface area contributed by atoms with Crippen LogP contribution in [0.15, 0.2) is 58.2 Å². The van der Waals surface area contributed by atoms with E-state index in [0.717, 1.165) is 10.9 Å². The number of likely N-dealkylation sites (N-methyl/N-ethyl adjacent to an activating group) is 1. The summed E-state index contributed by atoms with van der Waals surface area (Å²) in [5.41, 5.74) is 2.12. The standard InChI is InChI=1S/C22H24N4O4S/c1-15-12-21(27)24-20-7-6-17(14-19(15)20)23-22(28)16-4-3-5-18(13-16)31(29,30)26-10-8-25(2)9-11-26/h3-7,12-14H,8-11H2,1-2H3,(H,23,28)(H,24,27). The highest BCUT2D eigenvalue weighted by Crippen LogP contribution is 2.22. The van der Waals surface area contributed by atoms with Crippen LogP contribution in [0, 0.1) is 6.92 Å². The Bertz CT molecular complexity index is 1310. The van der Waals surface area contributed by atoms with Gasteiger partial charge in [0.2, 0.25) is 15.6 Å². The van der Waals surface area contributed by atoms with E-state index < -0.39 is 15.9 Å². The van der Waals surface area contributed by atoms with Crippen molar-refractivity contribution in [3.05, 3.63) is 70.0 Å². The second-order valence-corrected chi connectivity index (χ2v) is 9.70. The fourth-order valence-electron chi connectivity index (χ4n) is 3.68. The van der Waals surface area contributed by atoms with Gasteiger partial charge in [0.25, 0.3) is 5.91 Å². The summed E-state index contributed by atoms with van der Waals surface area (Å²) in [7, 11) is -1.70. The summed E-state index contributed by atoms with van der Waals surface area (Å²) in [6.45, 7) is 4.02. The van der Waals surface area contributed by atoms with Gasteiger partial charge in [0, 0.05) is 54.4 Å². The van der Waals surface area contributed by atoms with E-state index in [0.29, 0.717) is 37.4 Å². The van der Waals surface area contributed by atoms with Crippen LogP contribution < -0.4 is 10.9 Å². The molecule has 0 spiro atoms. The van der Waals surface area contributed by atoms with Crippen LogP contribution >= 0.6 is 0 Å². The number of nitrogens with one attached hydrogen (secondary N) is 2. The van der Waals surface area contributed by atoms with Crippen molar-refractivity contribution >= 4 is 32.5 Å². The number of sulfonamides is 1. The van der Waals surface area contributed by atoms with E-state index in [-0.39, 0.29) is 16.0 Å². The molecule has 31 heavy (non-hydrogen) atoms. The van der Waals surface area contributed by atoms with Gasteiger partial charge in [-0.05, 0) is 55.9 Å². The summed E-state index contributed by atoms with van der Waals surface area (Å²) in [6.07, 6.45) is 0. The lowest BCUT2D eigenvalue weighted by Gasteiger charge is -2.31. The minimum atomic E-state index is -3.66. The summed E-state index contributed by atoms with van der Waals surface area (Å²) < 4.78 is 27.4. The summed E-state index contributed by atoms with van der Waals surface area (Å²) in [5.74, 6) is -0.406. The first-order valence-electron chi connectivity index (χ1n) is 9.98.